The molecule has 2 heterocycles. The number of aromatic nitrogens is 2. The molecule has 0 saturated carbocycles. The van der Waals surface area contributed by atoms with Crippen molar-refractivity contribution in [1.82, 2.24) is 9.55 Å². The van der Waals surface area contributed by atoms with Crippen LogP contribution in [0.25, 0.3) is 0 Å². The predicted octanol–water partition coefficient (Wildman–Crippen LogP) is 2.18. The van der Waals surface area contributed by atoms with Gasteiger partial charge in [0.2, 0.25) is 0 Å². The Kier molecular flexibility index (Phi) is 3.03. The molecule has 84 valence electrons. The van der Waals surface area contributed by atoms with Gasteiger partial charge >= 0.3 is 0 Å². The van der Waals surface area contributed by atoms with Crippen molar-refractivity contribution in [2.24, 2.45) is 11.7 Å². The van der Waals surface area contributed by atoms with Crippen molar-refractivity contribution in [3.8, 4) is 0 Å². The van der Waals surface area contributed by atoms with Crippen molar-refractivity contribution in [1.29, 1.82) is 0 Å². The van der Waals surface area contributed by atoms with E-state index in [0.29, 0.717) is 17.0 Å². The minimum atomic E-state index is 0.436. The lowest BCUT2D eigenvalue weighted by molar-refractivity contribution is 0.387. The number of fused-ring (bicyclic) bond motifs is 1. The zero-order valence-corrected chi connectivity index (χ0v) is 10.1. The topological polar surface area (TPSA) is 43.8 Å². The summed E-state index contributed by atoms with van der Waals surface area (Å²) >= 11 is 6.16. The van der Waals surface area contributed by atoms with Gasteiger partial charge in [-0.2, -0.15) is 0 Å². The molecule has 1 unspecified atom stereocenters. The molecule has 1 aliphatic rings. The maximum Gasteiger partial charge on any atom is 0.150 e. The number of hydrogen-bond acceptors (Lipinski definition) is 2. The largest absolute Gasteiger partial charge is 0.330 e. The van der Waals surface area contributed by atoms with Crippen LogP contribution in [0.1, 0.15) is 37.7 Å². The van der Waals surface area contributed by atoms with Gasteiger partial charge in [0.15, 0.2) is 5.15 Å². The standard InChI is InChI=1S/C11H18ClN3/c1-7(2)11-14-10(12)9-5-8(6-13)3-4-15(9)11/h7-8H,3-6,13H2,1-2H3. The van der Waals surface area contributed by atoms with Crippen molar-refractivity contribution >= 4 is 11.6 Å². The van der Waals surface area contributed by atoms with Gasteiger partial charge in [0.1, 0.15) is 5.82 Å². The summed E-state index contributed by atoms with van der Waals surface area (Å²) in [6.45, 7) is 6.07. The minimum Gasteiger partial charge on any atom is -0.330 e. The Morgan fingerprint density at radius 1 is 1.60 bits per heavy atom. The number of imidazole rings is 1. The quantitative estimate of drug-likeness (QED) is 0.842. The van der Waals surface area contributed by atoms with Crippen LogP contribution in [0.5, 0.6) is 0 Å². The summed E-state index contributed by atoms with van der Waals surface area (Å²) < 4.78 is 2.28. The fourth-order valence-corrected chi connectivity index (χ4v) is 2.51. The van der Waals surface area contributed by atoms with Gasteiger partial charge in [-0.1, -0.05) is 25.4 Å². The zero-order valence-electron chi connectivity index (χ0n) is 9.33. The van der Waals surface area contributed by atoms with Gasteiger partial charge in [-0.05, 0) is 25.3 Å². The monoisotopic (exact) mass is 227 g/mol. The molecule has 0 radical (unpaired) electrons. The summed E-state index contributed by atoms with van der Waals surface area (Å²) in [6, 6.07) is 0. The Morgan fingerprint density at radius 3 is 2.93 bits per heavy atom. The highest BCUT2D eigenvalue weighted by molar-refractivity contribution is 6.30. The smallest absolute Gasteiger partial charge is 0.150 e. The van der Waals surface area contributed by atoms with E-state index in [-0.39, 0.29) is 0 Å². The highest BCUT2D eigenvalue weighted by atomic mass is 35.5. The Bertz CT molecular complexity index is 357. The number of nitrogens with zero attached hydrogens (tertiary/aromatic N) is 2. The van der Waals surface area contributed by atoms with E-state index in [1.165, 1.54) is 5.69 Å². The molecule has 1 atom stereocenters. The molecule has 0 aromatic carbocycles. The average Bonchev–Trinajstić information content (AvgIpc) is 2.56. The molecule has 15 heavy (non-hydrogen) atoms. The average molecular weight is 228 g/mol. The van der Waals surface area contributed by atoms with Crippen LogP contribution in [-0.4, -0.2) is 16.1 Å². The molecule has 2 N–H and O–H groups in total. The first-order valence-electron chi connectivity index (χ1n) is 5.58. The molecular weight excluding hydrogens is 210 g/mol. The van der Waals surface area contributed by atoms with Crippen molar-refractivity contribution in [2.45, 2.75) is 39.2 Å². The Balaban J connectivity index is 2.35. The first-order valence-corrected chi connectivity index (χ1v) is 5.96. The van der Waals surface area contributed by atoms with Gasteiger partial charge in [0.05, 0.1) is 5.69 Å². The third kappa shape index (κ3) is 1.91. The van der Waals surface area contributed by atoms with E-state index in [9.17, 15) is 0 Å². The third-order valence-electron chi connectivity index (χ3n) is 3.15. The third-order valence-corrected chi connectivity index (χ3v) is 3.45. The number of halogens is 1. The van der Waals surface area contributed by atoms with Gasteiger partial charge in [-0.25, -0.2) is 4.98 Å². The lowest BCUT2D eigenvalue weighted by Gasteiger charge is -2.24. The molecule has 0 saturated heterocycles. The summed E-state index contributed by atoms with van der Waals surface area (Å²) in [7, 11) is 0. The first kappa shape index (κ1) is 11.0. The Hall–Kier alpha value is -0.540. The van der Waals surface area contributed by atoms with E-state index < -0.39 is 0 Å². The van der Waals surface area contributed by atoms with E-state index in [1.54, 1.807) is 0 Å². The molecule has 3 nitrogen and oxygen atoms in total. The van der Waals surface area contributed by atoms with Crippen LogP contribution in [0.4, 0.5) is 0 Å². The lowest BCUT2D eigenvalue weighted by Crippen LogP contribution is -2.26. The molecule has 0 fully saturated rings. The van der Waals surface area contributed by atoms with Crippen LogP contribution < -0.4 is 5.73 Å². The Morgan fingerprint density at radius 2 is 2.33 bits per heavy atom. The fourth-order valence-electron chi connectivity index (χ4n) is 2.25. The normalized spacial score (nSPS) is 20.7. The van der Waals surface area contributed by atoms with E-state index >= 15 is 0 Å². The second kappa shape index (κ2) is 4.14. The van der Waals surface area contributed by atoms with Crippen LogP contribution in [-0.2, 0) is 13.0 Å². The predicted molar refractivity (Wildman–Crippen MR) is 62.2 cm³/mol. The molecule has 1 aromatic heterocycles. The molecule has 1 aliphatic heterocycles. The van der Waals surface area contributed by atoms with Gasteiger partial charge < -0.3 is 10.3 Å². The van der Waals surface area contributed by atoms with Crippen molar-refractivity contribution in [3.05, 3.63) is 16.7 Å². The molecule has 4 heteroatoms. The SMILES string of the molecule is CC(C)c1nc(Cl)c2n1CCC(CN)C2. The maximum atomic E-state index is 6.16. The van der Waals surface area contributed by atoms with Crippen molar-refractivity contribution in [2.75, 3.05) is 6.54 Å². The summed E-state index contributed by atoms with van der Waals surface area (Å²) in [4.78, 5) is 4.45. The van der Waals surface area contributed by atoms with E-state index in [2.05, 4.69) is 23.4 Å². The van der Waals surface area contributed by atoms with Crippen LogP contribution in [0.15, 0.2) is 0 Å². The molecule has 0 bridgehead atoms. The molecule has 0 amide bonds. The molecular formula is C11H18ClN3. The van der Waals surface area contributed by atoms with Crippen molar-refractivity contribution in [3.63, 3.8) is 0 Å². The van der Waals surface area contributed by atoms with Gasteiger partial charge in [-0.15, -0.1) is 0 Å². The summed E-state index contributed by atoms with van der Waals surface area (Å²) in [5.74, 6) is 2.13. The summed E-state index contributed by atoms with van der Waals surface area (Å²) in [5, 5.41) is 0.678. The van der Waals surface area contributed by atoms with Gasteiger partial charge in [0, 0.05) is 12.5 Å². The second-order valence-corrected chi connectivity index (χ2v) is 4.97. The number of rotatable bonds is 2. The number of nitrogens with two attached hydrogens (primary N) is 1. The fraction of sp³-hybridized carbons (Fsp3) is 0.727. The molecule has 2 rings (SSSR count). The highest BCUT2D eigenvalue weighted by Gasteiger charge is 2.24. The van der Waals surface area contributed by atoms with E-state index in [0.717, 1.165) is 31.8 Å². The van der Waals surface area contributed by atoms with E-state index in [4.69, 9.17) is 17.3 Å². The van der Waals surface area contributed by atoms with Crippen LogP contribution in [0.2, 0.25) is 5.15 Å². The zero-order chi connectivity index (χ0) is 11.0. The first-order chi connectivity index (χ1) is 7.13. The molecule has 0 spiro atoms. The van der Waals surface area contributed by atoms with Crippen LogP contribution >= 0.6 is 11.6 Å². The second-order valence-electron chi connectivity index (χ2n) is 4.61. The molecule has 0 aliphatic carbocycles. The summed E-state index contributed by atoms with van der Waals surface area (Å²) in [5.41, 5.74) is 6.89. The van der Waals surface area contributed by atoms with Crippen LogP contribution in [0, 0.1) is 5.92 Å². The van der Waals surface area contributed by atoms with Gasteiger partial charge in [-0.3, -0.25) is 0 Å². The lowest BCUT2D eigenvalue weighted by atomic mass is 9.96. The Labute approximate surface area is 95.6 Å². The maximum absolute atomic E-state index is 6.16. The molecule has 1 aromatic rings. The van der Waals surface area contributed by atoms with E-state index in [1.807, 2.05) is 0 Å². The number of hydrogen-bond donors (Lipinski definition) is 1. The van der Waals surface area contributed by atoms with Crippen molar-refractivity contribution < 1.29 is 0 Å². The summed E-state index contributed by atoms with van der Waals surface area (Å²) in [6.07, 6.45) is 2.13. The van der Waals surface area contributed by atoms with Gasteiger partial charge in [0.25, 0.3) is 0 Å². The highest BCUT2D eigenvalue weighted by Crippen LogP contribution is 2.29. The van der Waals surface area contributed by atoms with Crippen LogP contribution in [0.3, 0.4) is 0 Å². The minimum absolute atomic E-state index is 0.436.